The molecule has 2 aromatic rings. The SMILES string of the molecule is Cc1nc2ccccc2nc1CN(C)CC1CCN(C[C@@H](C)O)CC1. The monoisotopic (exact) mass is 342 g/mol. The molecular weight excluding hydrogens is 312 g/mol. The number of aryl methyl sites for hydroxylation is 1. The predicted octanol–water partition coefficient (Wildman–Crippen LogP) is 2.46. The van der Waals surface area contributed by atoms with E-state index in [1.807, 2.05) is 31.2 Å². The van der Waals surface area contributed by atoms with Crippen LogP contribution in [0.25, 0.3) is 11.0 Å². The van der Waals surface area contributed by atoms with Crippen molar-refractivity contribution in [1.29, 1.82) is 0 Å². The van der Waals surface area contributed by atoms with Crippen LogP contribution in [0.3, 0.4) is 0 Å². The molecule has 1 atom stereocenters. The molecule has 2 heterocycles. The number of para-hydroxylation sites is 2. The fraction of sp³-hybridized carbons (Fsp3) is 0.600. The molecule has 1 aliphatic heterocycles. The number of hydrogen-bond acceptors (Lipinski definition) is 5. The van der Waals surface area contributed by atoms with Crippen LogP contribution in [-0.2, 0) is 6.54 Å². The molecular formula is C20H30N4O. The Bertz CT molecular complexity index is 695. The van der Waals surface area contributed by atoms with Gasteiger partial charge in [-0.15, -0.1) is 0 Å². The summed E-state index contributed by atoms with van der Waals surface area (Å²) < 4.78 is 0. The largest absolute Gasteiger partial charge is 0.392 e. The lowest BCUT2D eigenvalue weighted by atomic mass is 9.96. The van der Waals surface area contributed by atoms with E-state index in [0.29, 0.717) is 0 Å². The molecule has 5 nitrogen and oxygen atoms in total. The Kier molecular flexibility index (Phi) is 5.99. The molecule has 0 bridgehead atoms. The lowest BCUT2D eigenvalue weighted by Crippen LogP contribution is -2.40. The summed E-state index contributed by atoms with van der Waals surface area (Å²) in [7, 11) is 2.18. The van der Waals surface area contributed by atoms with Gasteiger partial charge in [0.1, 0.15) is 0 Å². The van der Waals surface area contributed by atoms with Crippen molar-refractivity contribution < 1.29 is 5.11 Å². The van der Waals surface area contributed by atoms with Crippen LogP contribution in [-0.4, -0.2) is 64.2 Å². The summed E-state index contributed by atoms with van der Waals surface area (Å²) >= 11 is 0. The smallest absolute Gasteiger partial charge is 0.0890 e. The maximum Gasteiger partial charge on any atom is 0.0890 e. The van der Waals surface area contributed by atoms with Crippen LogP contribution in [0.15, 0.2) is 24.3 Å². The number of benzene rings is 1. The summed E-state index contributed by atoms with van der Waals surface area (Å²) in [5, 5.41) is 9.52. The third-order valence-electron chi connectivity index (χ3n) is 5.06. The molecule has 0 saturated carbocycles. The standard InChI is InChI=1S/C20H30N4O/c1-15(25)12-24-10-8-17(9-11-24)13-23(3)14-20-16(2)21-18-6-4-5-7-19(18)22-20/h4-7,15,17,25H,8-14H2,1-3H3/t15-/m1/s1. The minimum Gasteiger partial charge on any atom is -0.392 e. The zero-order valence-corrected chi connectivity index (χ0v) is 15.6. The van der Waals surface area contributed by atoms with Crippen molar-refractivity contribution in [3.63, 3.8) is 0 Å². The number of hydrogen-bond donors (Lipinski definition) is 1. The second-order valence-corrected chi connectivity index (χ2v) is 7.53. The van der Waals surface area contributed by atoms with Gasteiger partial charge in [-0.25, -0.2) is 9.97 Å². The predicted molar refractivity (Wildman–Crippen MR) is 101 cm³/mol. The van der Waals surface area contributed by atoms with E-state index in [-0.39, 0.29) is 6.10 Å². The Hall–Kier alpha value is -1.56. The molecule has 0 radical (unpaired) electrons. The van der Waals surface area contributed by atoms with E-state index in [4.69, 9.17) is 9.97 Å². The Labute approximate surface area is 150 Å². The molecule has 1 N–H and O–H groups in total. The zero-order chi connectivity index (χ0) is 17.8. The van der Waals surface area contributed by atoms with Crippen molar-refractivity contribution in [2.24, 2.45) is 5.92 Å². The Morgan fingerprint density at radius 3 is 2.48 bits per heavy atom. The van der Waals surface area contributed by atoms with Crippen molar-refractivity contribution in [1.82, 2.24) is 19.8 Å². The Balaban J connectivity index is 1.55. The highest BCUT2D eigenvalue weighted by Gasteiger charge is 2.21. The summed E-state index contributed by atoms with van der Waals surface area (Å²) in [5.74, 6) is 0.726. The van der Waals surface area contributed by atoms with Gasteiger partial charge in [-0.05, 0) is 64.9 Å². The van der Waals surface area contributed by atoms with Gasteiger partial charge >= 0.3 is 0 Å². The second-order valence-electron chi connectivity index (χ2n) is 7.53. The van der Waals surface area contributed by atoms with Crippen LogP contribution < -0.4 is 0 Å². The molecule has 1 saturated heterocycles. The van der Waals surface area contributed by atoms with Gasteiger partial charge in [0.25, 0.3) is 0 Å². The number of nitrogens with zero attached hydrogens (tertiary/aromatic N) is 4. The van der Waals surface area contributed by atoms with Gasteiger partial charge in [-0.3, -0.25) is 0 Å². The van der Waals surface area contributed by atoms with E-state index < -0.39 is 0 Å². The van der Waals surface area contributed by atoms with Crippen molar-refractivity contribution in [2.75, 3.05) is 33.2 Å². The fourth-order valence-electron chi connectivity index (χ4n) is 3.76. The number of aromatic nitrogens is 2. The average molecular weight is 342 g/mol. The van der Waals surface area contributed by atoms with Crippen LogP contribution in [0.5, 0.6) is 0 Å². The average Bonchev–Trinajstić information content (AvgIpc) is 2.57. The number of β-amino-alcohol motifs (C(OH)–C–C–N with tert-alkyl or cyclic N) is 1. The molecule has 0 amide bonds. The molecule has 1 aromatic heterocycles. The van der Waals surface area contributed by atoms with Gasteiger partial charge in [0.2, 0.25) is 0 Å². The van der Waals surface area contributed by atoms with Crippen LogP contribution in [0.2, 0.25) is 0 Å². The molecule has 136 valence electrons. The van der Waals surface area contributed by atoms with E-state index >= 15 is 0 Å². The minimum atomic E-state index is -0.228. The van der Waals surface area contributed by atoms with Crippen molar-refractivity contribution >= 4 is 11.0 Å². The number of aliphatic hydroxyl groups excluding tert-OH is 1. The third kappa shape index (κ3) is 4.97. The molecule has 5 heteroatoms. The van der Waals surface area contributed by atoms with E-state index in [0.717, 1.165) is 61.1 Å². The zero-order valence-electron chi connectivity index (χ0n) is 15.6. The van der Waals surface area contributed by atoms with Gasteiger partial charge in [0.05, 0.1) is 28.5 Å². The Morgan fingerprint density at radius 1 is 1.20 bits per heavy atom. The highest BCUT2D eigenvalue weighted by Crippen LogP contribution is 2.20. The van der Waals surface area contributed by atoms with Gasteiger partial charge < -0.3 is 14.9 Å². The van der Waals surface area contributed by atoms with Crippen LogP contribution in [0.1, 0.15) is 31.2 Å². The number of likely N-dealkylation sites (tertiary alicyclic amines) is 1. The van der Waals surface area contributed by atoms with E-state index in [1.54, 1.807) is 0 Å². The molecule has 0 aliphatic carbocycles. The summed E-state index contributed by atoms with van der Waals surface area (Å²) in [6.45, 7) is 8.85. The lowest BCUT2D eigenvalue weighted by molar-refractivity contribution is 0.0918. The van der Waals surface area contributed by atoms with E-state index in [2.05, 4.69) is 23.8 Å². The molecule has 1 aromatic carbocycles. The first-order chi connectivity index (χ1) is 12.0. The highest BCUT2D eigenvalue weighted by molar-refractivity contribution is 5.74. The van der Waals surface area contributed by atoms with Crippen molar-refractivity contribution in [3.8, 4) is 0 Å². The quantitative estimate of drug-likeness (QED) is 0.874. The van der Waals surface area contributed by atoms with Crippen molar-refractivity contribution in [3.05, 3.63) is 35.7 Å². The van der Waals surface area contributed by atoms with Crippen LogP contribution in [0, 0.1) is 12.8 Å². The summed E-state index contributed by atoms with van der Waals surface area (Å²) in [6, 6.07) is 8.07. The normalized spacial score (nSPS) is 18.1. The van der Waals surface area contributed by atoms with Gasteiger partial charge in [-0.1, -0.05) is 12.1 Å². The number of aliphatic hydroxyl groups is 1. The molecule has 3 rings (SSSR count). The first-order valence-electron chi connectivity index (χ1n) is 9.32. The van der Waals surface area contributed by atoms with Crippen LogP contribution in [0.4, 0.5) is 0 Å². The molecule has 0 spiro atoms. The lowest BCUT2D eigenvalue weighted by Gasteiger charge is -2.34. The van der Waals surface area contributed by atoms with E-state index in [9.17, 15) is 5.11 Å². The van der Waals surface area contributed by atoms with Gasteiger partial charge in [-0.2, -0.15) is 0 Å². The topological polar surface area (TPSA) is 52.5 Å². The number of piperidine rings is 1. The molecule has 0 unspecified atom stereocenters. The van der Waals surface area contributed by atoms with Crippen molar-refractivity contribution in [2.45, 2.75) is 39.3 Å². The fourth-order valence-corrected chi connectivity index (χ4v) is 3.76. The summed E-state index contributed by atoms with van der Waals surface area (Å²) in [4.78, 5) is 14.3. The van der Waals surface area contributed by atoms with Gasteiger partial charge in [0.15, 0.2) is 0 Å². The number of rotatable bonds is 6. The Morgan fingerprint density at radius 2 is 1.84 bits per heavy atom. The maximum atomic E-state index is 9.52. The van der Waals surface area contributed by atoms with Gasteiger partial charge in [0, 0.05) is 19.6 Å². The maximum absolute atomic E-state index is 9.52. The first kappa shape index (κ1) is 18.2. The summed E-state index contributed by atoms with van der Waals surface area (Å²) in [5.41, 5.74) is 4.05. The third-order valence-corrected chi connectivity index (χ3v) is 5.06. The molecule has 1 aliphatic rings. The minimum absolute atomic E-state index is 0.228. The highest BCUT2D eigenvalue weighted by atomic mass is 16.3. The second kappa shape index (κ2) is 8.21. The van der Waals surface area contributed by atoms with E-state index in [1.165, 1.54) is 12.8 Å². The summed E-state index contributed by atoms with van der Waals surface area (Å²) in [6.07, 6.45) is 2.19. The molecule has 1 fully saturated rings. The molecule has 25 heavy (non-hydrogen) atoms. The first-order valence-corrected chi connectivity index (χ1v) is 9.32. The van der Waals surface area contributed by atoms with Crippen LogP contribution >= 0.6 is 0 Å². The number of fused-ring (bicyclic) bond motifs is 1.